The van der Waals surface area contributed by atoms with Crippen LogP contribution in [0, 0.1) is 11.7 Å². The topological polar surface area (TPSA) is 119 Å². The maximum atomic E-state index is 14.7. The lowest BCUT2D eigenvalue weighted by Crippen LogP contribution is -2.38. The number of amides is 1. The monoisotopic (exact) mass is 619 g/mol. The predicted molar refractivity (Wildman–Crippen MR) is 164 cm³/mol. The largest absolute Gasteiger partial charge is 0.478 e. The van der Waals surface area contributed by atoms with Crippen LogP contribution >= 0.6 is 0 Å². The van der Waals surface area contributed by atoms with Gasteiger partial charge in [-0.1, -0.05) is 12.1 Å². The molecule has 0 saturated carbocycles. The van der Waals surface area contributed by atoms with Gasteiger partial charge in [-0.2, -0.15) is 0 Å². The quantitative estimate of drug-likeness (QED) is 0.331. The fraction of sp³-hybridized carbons (Fsp3) is 0.455. The number of likely N-dealkylation sites (tertiary alicyclic amines) is 1. The second-order valence-corrected chi connectivity index (χ2v) is 11.8. The molecular formula is C33H38FN5O6. The Labute approximate surface area is 260 Å². The van der Waals surface area contributed by atoms with Crippen LogP contribution in [-0.2, 0) is 34.0 Å². The van der Waals surface area contributed by atoms with Gasteiger partial charge < -0.3 is 19.1 Å². The molecule has 0 aliphatic carbocycles. The average molecular weight is 620 g/mol. The van der Waals surface area contributed by atoms with Gasteiger partial charge in [0.1, 0.15) is 18.2 Å². The van der Waals surface area contributed by atoms with Gasteiger partial charge >= 0.3 is 5.97 Å². The summed E-state index contributed by atoms with van der Waals surface area (Å²) in [7, 11) is 2.84. The lowest BCUT2D eigenvalue weighted by Gasteiger charge is -2.35. The highest BCUT2D eigenvalue weighted by Crippen LogP contribution is 2.29. The number of rotatable bonds is 10. The zero-order valence-electron chi connectivity index (χ0n) is 25.5. The first kappa shape index (κ1) is 30.9. The molecule has 2 saturated heterocycles. The Bertz CT molecular complexity index is 1620. The number of nitrogens with zero attached hydrogens (tertiary/aromatic N) is 5. The number of benzene rings is 2. The normalized spacial score (nSPS) is 20.6. The van der Waals surface area contributed by atoms with Crippen LogP contribution in [0.2, 0.25) is 0 Å². The van der Waals surface area contributed by atoms with Gasteiger partial charge in [-0.15, -0.1) is 0 Å². The highest BCUT2D eigenvalue weighted by atomic mass is 19.1. The number of carboxylic acid groups (broad SMARTS) is 1. The number of hydrogen-bond acceptors (Lipinski definition) is 8. The number of aromatic nitrogens is 2. The van der Waals surface area contributed by atoms with Crippen molar-refractivity contribution in [3.05, 3.63) is 76.9 Å². The van der Waals surface area contributed by atoms with Crippen LogP contribution in [-0.4, -0.2) is 88.4 Å². The summed E-state index contributed by atoms with van der Waals surface area (Å²) in [5, 5.41) is 10.6. The molecule has 1 amide bonds. The smallest absolute Gasteiger partial charge is 0.335 e. The first-order valence-electron chi connectivity index (χ1n) is 15.3. The number of hydroxylamine groups is 2. The van der Waals surface area contributed by atoms with E-state index in [0.717, 1.165) is 67.3 Å². The molecule has 45 heavy (non-hydrogen) atoms. The van der Waals surface area contributed by atoms with E-state index in [-0.39, 0.29) is 29.9 Å². The minimum absolute atomic E-state index is 0.00954. The zero-order valence-corrected chi connectivity index (χ0v) is 25.5. The van der Waals surface area contributed by atoms with E-state index in [1.54, 1.807) is 30.3 Å². The number of piperidine rings is 1. The van der Waals surface area contributed by atoms with Crippen molar-refractivity contribution in [3.63, 3.8) is 0 Å². The predicted octanol–water partition coefficient (Wildman–Crippen LogP) is 4.45. The lowest BCUT2D eigenvalue weighted by atomic mass is 9.87. The van der Waals surface area contributed by atoms with Crippen LogP contribution in [0.3, 0.4) is 0 Å². The molecule has 1 unspecified atom stereocenters. The summed E-state index contributed by atoms with van der Waals surface area (Å²) in [5.74, 6) is -0.109. The first-order valence-corrected chi connectivity index (χ1v) is 15.3. The number of carbonyl (C=O) groups is 2. The molecule has 1 aromatic heterocycles. The Morgan fingerprint density at radius 3 is 2.60 bits per heavy atom. The minimum Gasteiger partial charge on any atom is -0.478 e. The molecule has 0 spiro atoms. The van der Waals surface area contributed by atoms with Crippen molar-refractivity contribution in [2.45, 2.75) is 57.5 Å². The molecule has 238 valence electrons. The van der Waals surface area contributed by atoms with Crippen molar-refractivity contribution >= 4 is 28.8 Å². The van der Waals surface area contributed by atoms with Crippen LogP contribution in [0.4, 0.5) is 4.39 Å². The number of imidazole rings is 1. The molecule has 0 bridgehead atoms. The summed E-state index contributed by atoms with van der Waals surface area (Å²) in [6.45, 7) is 3.90. The van der Waals surface area contributed by atoms with Gasteiger partial charge in [-0.25, -0.2) is 24.2 Å². The summed E-state index contributed by atoms with van der Waals surface area (Å²) in [5.41, 5.74) is 2.41. The average Bonchev–Trinajstić information content (AvgIpc) is 3.37. The number of aliphatic imine (C=N–C) groups is 1. The van der Waals surface area contributed by atoms with E-state index < -0.39 is 17.7 Å². The third kappa shape index (κ3) is 6.92. The molecule has 2 aromatic carbocycles. The number of aromatic carboxylic acids is 1. The standard InChI is InChI=1S/C33H38FN5O6/c1-37(43-2)32(40)22-6-7-24(26(34)16-22)20-45-31-5-3-4-27(36-31)21-10-13-38(14-11-21)19-30-35-28-9-8-23(33(41)42)17-29(28)39(30)18-25-12-15-44-25/h3,5-9,16-17,21,25,27H,4,10-15,18-20H2,1-2H3,(H,41,42)/t25-,27?/m0/s1. The number of carbonyl (C=O) groups excluding carboxylic acids is 1. The van der Waals surface area contributed by atoms with E-state index in [1.165, 1.54) is 20.2 Å². The molecule has 0 radical (unpaired) electrons. The van der Waals surface area contributed by atoms with E-state index in [2.05, 4.69) is 15.5 Å². The highest BCUT2D eigenvalue weighted by molar-refractivity contribution is 5.93. The zero-order chi connectivity index (χ0) is 31.5. The Hall–Kier alpha value is -4.13. The third-order valence-corrected chi connectivity index (χ3v) is 8.96. The number of dihydropyridines is 1. The number of ether oxygens (including phenoxy) is 2. The van der Waals surface area contributed by atoms with Gasteiger partial charge in [0.2, 0.25) is 5.90 Å². The summed E-state index contributed by atoms with van der Waals surface area (Å²) >= 11 is 0. The molecule has 12 heteroatoms. The van der Waals surface area contributed by atoms with Crippen molar-refractivity contribution < 1.29 is 33.4 Å². The summed E-state index contributed by atoms with van der Waals surface area (Å²) in [6, 6.07) is 9.48. The fourth-order valence-corrected chi connectivity index (χ4v) is 6.12. The van der Waals surface area contributed by atoms with E-state index in [1.807, 2.05) is 6.08 Å². The van der Waals surface area contributed by atoms with Gasteiger partial charge in [0.25, 0.3) is 5.91 Å². The van der Waals surface area contributed by atoms with Crippen molar-refractivity contribution in [1.29, 1.82) is 0 Å². The SMILES string of the molecule is CON(C)C(=O)c1ccc(COC2=NC(C3CCN(Cc4nc5ccc(C(=O)O)cc5n4C[C@@H]4CCO4)CC3)CC=C2)c(F)c1. The molecule has 2 fully saturated rings. The first-order chi connectivity index (χ1) is 21.8. The Balaban J connectivity index is 1.06. The fourth-order valence-electron chi connectivity index (χ4n) is 6.12. The molecular weight excluding hydrogens is 581 g/mol. The third-order valence-electron chi connectivity index (χ3n) is 8.96. The molecule has 11 nitrogen and oxygen atoms in total. The van der Waals surface area contributed by atoms with Gasteiger partial charge in [0, 0.05) is 24.8 Å². The summed E-state index contributed by atoms with van der Waals surface area (Å²) in [4.78, 5) is 40.9. The second kappa shape index (κ2) is 13.5. The Morgan fingerprint density at radius 1 is 1.13 bits per heavy atom. The van der Waals surface area contributed by atoms with Crippen LogP contribution < -0.4 is 0 Å². The number of carboxylic acids is 1. The van der Waals surface area contributed by atoms with Gasteiger partial charge in [-0.05, 0) is 81.1 Å². The molecule has 4 heterocycles. The molecule has 3 aromatic rings. The van der Waals surface area contributed by atoms with Crippen molar-refractivity contribution in [2.24, 2.45) is 10.9 Å². The van der Waals surface area contributed by atoms with Gasteiger partial charge in [0.05, 0.1) is 48.9 Å². The van der Waals surface area contributed by atoms with Crippen LogP contribution in [0.25, 0.3) is 11.0 Å². The molecule has 3 aliphatic rings. The maximum absolute atomic E-state index is 14.7. The van der Waals surface area contributed by atoms with Crippen molar-refractivity contribution in [2.75, 3.05) is 33.9 Å². The summed E-state index contributed by atoms with van der Waals surface area (Å²) < 4.78 is 28.4. The van der Waals surface area contributed by atoms with E-state index in [4.69, 9.17) is 24.3 Å². The number of hydrogen-bond donors (Lipinski definition) is 1. The Morgan fingerprint density at radius 2 is 1.91 bits per heavy atom. The number of fused-ring (bicyclic) bond motifs is 1. The van der Waals surface area contributed by atoms with E-state index in [9.17, 15) is 19.1 Å². The second-order valence-electron chi connectivity index (χ2n) is 11.8. The van der Waals surface area contributed by atoms with Crippen LogP contribution in [0.1, 0.15) is 57.8 Å². The van der Waals surface area contributed by atoms with Crippen LogP contribution in [0.15, 0.2) is 53.5 Å². The lowest BCUT2D eigenvalue weighted by molar-refractivity contribution is -0.0757. The Kier molecular flexibility index (Phi) is 9.24. The van der Waals surface area contributed by atoms with Crippen molar-refractivity contribution in [1.82, 2.24) is 19.5 Å². The van der Waals surface area contributed by atoms with E-state index >= 15 is 0 Å². The minimum atomic E-state index is -0.952. The van der Waals surface area contributed by atoms with Crippen molar-refractivity contribution in [3.8, 4) is 0 Å². The highest BCUT2D eigenvalue weighted by Gasteiger charge is 2.29. The number of halogens is 1. The maximum Gasteiger partial charge on any atom is 0.335 e. The van der Waals surface area contributed by atoms with E-state index in [0.29, 0.717) is 30.5 Å². The molecule has 6 rings (SSSR count). The molecule has 1 N–H and O–H groups in total. The molecule has 2 atom stereocenters. The molecule has 3 aliphatic heterocycles. The van der Waals surface area contributed by atoms with Crippen LogP contribution in [0.5, 0.6) is 0 Å². The summed E-state index contributed by atoms with van der Waals surface area (Å²) in [6.07, 6.45) is 7.79. The van der Waals surface area contributed by atoms with Gasteiger partial charge in [-0.3, -0.25) is 14.5 Å². The van der Waals surface area contributed by atoms with Gasteiger partial charge in [0.15, 0.2) is 0 Å².